The van der Waals surface area contributed by atoms with Gasteiger partial charge in [-0.25, -0.2) is 0 Å². The molecule has 96 valence electrons. The van der Waals surface area contributed by atoms with Gasteiger partial charge in [0.25, 0.3) is 0 Å². The Morgan fingerprint density at radius 2 is 1.83 bits per heavy atom. The fraction of sp³-hybridized carbons (Fsp3) is 0.333. The van der Waals surface area contributed by atoms with Gasteiger partial charge in [-0.05, 0) is 43.0 Å². The second kappa shape index (κ2) is 6.74. The minimum atomic E-state index is -0.0690. The van der Waals surface area contributed by atoms with Crippen LogP contribution in [0, 0.1) is 5.92 Å². The number of hydrogen-bond acceptors (Lipinski definition) is 2. The molecule has 0 radical (unpaired) electrons. The van der Waals surface area contributed by atoms with Crippen LogP contribution in [0.25, 0.3) is 0 Å². The monoisotopic (exact) mass is 245 g/mol. The van der Waals surface area contributed by atoms with E-state index in [-0.39, 0.29) is 11.7 Å². The molecule has 0 aliphatic carbocycles. The summed E-state index contributed by atoms with van der Waals surface area (Å²) < 4.78 is 0. The number of carbonyl (C=O) groups excluding carboxylic acids is 2. The number of nitrogens with one attached hydrogen (secondary N) is 1. The van der Waals surface area contributed by atoms with Gasteiger partial charge < -0.3 is 5.32 Å². The molecule has 1 amide bonds. The Bertz CT molecular complexity index is 446. The zero-order chi connectivity index (χ0) is 13.5. The van der Waals surface area contributed by atoms with Gasteiger partial charge in [0.1, 0.15) is 0 Å². The molecule has 0 spiro atoms. The van der Waals surface area contributed by atoms with Gasteiger partial charge in [0, 0.05) is 12.6 Å². The van der Waals surface area contributed by atoms with Gasteiger partial charge in [-0.15, -0.1) is 0 Å². The number of amides is 1. The highest BCUT2D eigenvalue weighted by molar-refractivity contribution is 5.88. The molecule has 1 aromatic carbocycles. The highest BCUT2D eigenvalue weighted by Crippen LogP contribution is 2.14. The van der Waals surface area contributed by atoms with E-state index in [1.807, 2.05) is 30.3 Å². The molecule has 0 heterocycles. The minimum absolute atomic E-state index is 0.0690. The van der Waals surface area contributed by atoms with Gasteiger partial charge in [0.05, 0.1) is 0 Å². The lowest BCUT2D eigenvalue weighted by Gasteiger charge is -2.07. The third kappa shape index (κ3) is 5.43. The summed E-state index contributed by atoms with van der Waals surface area (Å²) in [6.45, 7) is 5.11. The summed E-state index contributed by atoms with van der Waals surface area (Å²) in [5.41, 5.74) is 1.99. The third-order valence-electron chi connectivity index (χ3n) is 2.49. The summed E-state index contributed by atoms with van der Waals surface area (Å²) in [7, 11) is 0. The van der Waals surface area contributed by atoms with Gasteiger partial charge in [-0.1, -0.05) is 25.1 Å². The second-order valence-electron chi connectivity index (χ2n) is 4.53. The van der Waals surface area contributed by atoms with Crippen molar-refractivity contribution in [3.63, 3.8) is 0 Å². The predicted molar refractivity (Wildman–Crippen MR) is 73.4 cm³/mol. The lowest BCUT2D eigenvalue weighted by molar-refractivity contribution is -0.114. The molecule has 0 aliphatic heterocycles. The van der Waals surface area contributed by atoms with Crippen molar-refractivity contribution in [3.05, 3.63) is 42.0 Å². The van der Waals surface area contributed by atoms with Crippen LogP contribution < -0.4 is 5.32 Å². The molecule has 0 aliphatic rings. The molecule has 0 unspecified atom stereocenters. The molecule has 3 nitrogen and oxygen atoms in total. The Balaban J connectivity index is 2.58. The smallest absolute Gasteiger partial charge is 0.221 e. The lowest BCUT2D eigenvalue weighted by Crippen LogP contribution is -2.05. The molecular formula is C15H19NO2. The van der Waals surface area contributed by atoms with Crippen LogP contribution >= 0.6 is 0 Å². The molecule has 1 atom stereocenters. The Morgan fingerprint density at radius 1 is 1.22 bits per heavy atom. The molecule has 0 fully saturated rings. The summed E-state index contributed by atoms with van der Waals surface area (Å²) in [6.07, 6.45) is 4.41. The van der Waals surface area contributed by atoms with Crippen LogP contribution in [-0.4, -0.2) is 11.7 Å². The molecule has 1 aromatic rings. The van der Waals surface area contributed by atoms with E-state index < -0.39 is 0 Å². The Hall–Kier alpha value is -1.90. The van der Waals surface area contributed by atoms with E-state index in [0.29, 0.717) is 5.92 Å². The normalized spacial score (nSPS) is 12.4. The number of carbonyl (C=O) groups is 2. The molecule has 0 aromatic heterocycles. The third-order valence-corrected chi connectivity index (χ3v) is 2.49. The maximum atomic E-state index is 10.9. The first kappa shape index (κ1) is 14.2. The number of ketones is 1. The molecular weight excluding hydrogens is 226 g/mol. The zero-order valence-corrected chi connectivity index (χ0v) is 11.1. The van der Waals surface area contributed by atoms with E-state index in [4.69, 9.17) is 0 Å². The van der Waals surface area contributed by atoms with Crippen molar-refractivity contribution in [1.82, 2.24) is 0 Å². The average Bonchev–Trinajstić information content (AvgIpc) is 2.28. The number of hydrogen-bond donors (Lipinski definition) is 1. The Morgan fingerprint density at radius 3 is 2.33 bits per heavy atom. The topological polar surface area (TPSA) is 46.2 Å². The van der Waals surface area contributed by atoms with Crippen LogP contribution in [0.5, 0.6) is 0 Å². The fourth-order valence-corrected chi connectivity index (χ4v) is 1.67. The van der Waals surface area contributed by atoms with Crippen molar-refractivity contribution in [1.29, 1.82) is 0 Å². The first-order chi connectivity index (χ1) is 8.47. The molecule has 1 N–H and O–H groups in total. The summed E-state index contributed by atoms with van der Waals surface area (Å²) in [4.78, 5) is 21.7. The van der Waals surface area contributed by atoms with Crippen molar-refractivity contribution < 1.29 is 9.59 Å². The van der Waals surface area contributed by atoms with Gasteiger partial charge in [0.2, 0.25) is 5.91 Å². The summed E-state index contributed by atoms with van der Waals surface area (Å²) in [5.74, 6) is 0.323. The van der Waals surface area contributed by atoms with Crippen LogP contribution in [0.2, 0.25) is 0 Å². The van der Waals surface area contributed by atoms with Crippen molar-refractivity contribution in [2.45, 2.75) is 27.2 Å². The molecule has 0 saturated carbocycles. The highest BCUT2D eigenvalue weighted by atomic mass is 16.1. The SMILES string of the molecule is CC(=O)/C=C/[C@H](C)Cc1ccc(NC(C)=O)cc1. The molecule has 1 rings (SSSR count). The summed E-state index contributed by atoms with van der Waals surface area (Å²) in [6, 6.07) is 7.75. The van der Waals surface area contributed by atoms with Gasteiger partial charge in [-0.2, -0.15) is 0 Å². The van der Waals surface area contributed by atoms with Crippen LogP contribution in [0.15, 0.2) is 36.4 Å². The van der Waals surface area contributed by atoms with Gasteiger partial charge >= 0.3 is 0 Å². The number of anilines is 1. The van der Waals surface area contributed by atoms with Crippen LogP contribution in [0.1, 0.15) is 26.3 Å². The zero-order valence-electron chi connectivity index (χ0n) is 11.1. The van der Waals surface area contributed by atoms with E-state index in [0.717, 1.165) is 12.1 Å². The quantitative estimate of drug-likeness (QED) is 0.811. The van der Waals surface area contributed by atoms with Crippen molar-refractivity contribution >= 4 is 17.4 Å². The molecule has 3 heteroatoms. The van der Waals surface area contributed by atoms with E-state index in [1.54, 1.807) is 13.0 Å². The minimum Gasteiger partial charge on any atom is -0.326 e. The number of benzene rings is 1. The van der Waals surface area contributed by atoms with E-state index >= 15 is 0 Å². The number of allylic oxidation sites excluding steroid dienone is 2. The Labute approximate surface area is 108 Å². The molecule has 0 saturated heterocycles. The fourth-order valence-electron chi connectivity index (χ4n) is 1.67. The second-order valence-corrected chi connectivity index (χ2v) is 4.53. The largest absolute Gasteiger partial charge is 0.326 e. The van der Waals surface area contributed by atoms with E-state index in [2.05, 4.69) is 12.2 Å². The van der Waals surface area contributed by atoms with Crippen molar-refractivity contribution in [2.75, 3.05) is 5.32 Å². The van der Waals surface area contributed by atoms with Gasteiger partial charge in [-0.3, -0.25) is 9.59 Å². The molecule has 0 bridgehead atoms. The van der Waals surface area contributed by atoms with Crippen LogP contribution in [0.3, 0.4) is 0 Å². The first-order valence-electron chi connectivity index (χ1n) is 6.02. The Kier molecular flexibility index (Phi) is 5.31. The summed E-state index contributed by atoms with van der Waals surface area (Å²) in [5, 5.41) is 2.73. The van der Waals surface area contributed by atoms with E-state index in [1.165, 1.54) is 12.5 Å². The standard InChI is InChI=1S/C15H19NO2/c1-11(4-5-12(2)17)10-14-6-8-15(9-7-14)16-13(3)18/h4-9,11H,10H2,1-3H3,(H,16,18)/b5-4+/t11-/m0/s1. The van der Waals surface area contributed by atoms with Gasteiger partial charge in [0.15, 0.2) is 5.78 Å². The van der Waals surface area contributed by atoms with Crippen molar-refractivity contribution in [3.8, 4) is 0 Å². The van der Waals surface area contributed by atoms with Crippen molar-refractivity contribution in [2.24, 2.45) is 5.92 Å². The van der Waals surface area contributed by atoms with E-state index in [9.17, 15) is 9.59 Å². The maximum absolute atomic E-state index is 10.9. The number of rotatable bonds is 5. The first-order valence-corrected chi connectivity index (χ1v) is 6.02. The average molecular weight is 245 g/mol. The van der Waals surface area contributed by atoms with Crippen LogP contribution in [-0.2, 0) is 16.0 Å². The summed E-state index contributed by atoms with van der Waals surface area (Å²) >= 11 is 0. The molecule has 18 heavy (non-hydrogen) atoms. The van der Waals surface area contributed by atoms with Crippen LogP contribution in [0.4, 0.5) is 5.69 Å². The maximum Gasteiger partial charge on any atom is 0.221 e. The predicted octanol–water partition coefficient (Wildman–Crippen LogP) is 2.97. The highest BCUT2D eigenvalue weighted by Gasteiger charge is 2.01. The lowest BCUT2D eigenvalue weighted by atomic mass is 10.00.